The smallest absolute Gasteiger partial charge is 0.262 e. The summed E-state index contributed by atoms with van der Waals surface area (Å²) in [6.45, 7) is 5.63. The predicted molar refractivity (Wildman–Crippen MR) is 78.9 cm³/mol. The number of benzene rings is 1. The van der Waals surface area contributed by atoms with Crippen LogP contribution in [0.5, 0.6) is 5.75 Å². The fraction of sp³-hybridized carbons (Fsp3) is 0.562. The van der Waals surface area contributed by atoms with Crippen LogP contribution in [-0.2, 0) is 4.79 Å². The largest absolute Gasteiger partial charge is 0.482 e. The normalized spacial score (nSPS) is 20.6. The summed E-state index contributed by atoms with van der Waals surface area (Å²) in [5.41, 5.74) is 1.96. The van der Waals surface area contributed by atoms with Gasteiger partial charge in [-0.15, -0.1) is 0 Å². The van der Waals surface area contributed by atoms with Crippen LogP contribution in [0.15, 0.2) is 18.2 Å². The SMILES string of the molecule is CC(NCC(C)C1CC1)c1ccc2c(c1)NC(=O)CO2. The number of ether oxygens (including phenoxy) is 1. The first kappa shape index (κ1) is 13.4. The molecular weight excluding hydrogens is 252 g/mol. The van der Waals surface area contributed by atoms with Crippen molar-refractivity contribution in [3.05, 3.63) is 23.8 Å². The summed E-state index contributed by atoms with van der Waals surface area (Å²) in [4.78, 5) is 11.4. The van der Waals surface area contributed by atoms with Gasteiger partial charge in [-0.1, -0.05) is 13.0 Å². The van der Waals surface area contributed by atoms with Crippen LogP contribution in [0.4, 0.5) is 5.69 Å². The van der Waals surface area contributed by atoms with Gasteiger partial charge in [0.25, 0.3) is 5.91 Å². The molecule has 1 aromatic rings. The first-order chi connectivity index (χ1) is 9.63. The van der Waals surface area contributed by atoms with E-state index in [0.717, 1.165) is 29.8 Å². The van der Waals surface area contributed by atoms with Gasteiger partial charge in [0.05, 0.1) is 5.69 Å². The van der Waals surface area contributed by atoms with Crippen molar-refractivity contribution < 1.29 is 9.53 Å². The lowest BCUT2D eigenvalue weighted by atomic mass is 10.0. The zero-order chi connectivity index (χ0) is 14.1. The molecule has 2 aliphatic rings. The predicted octanol–water partition coefficient (Wildman–Crippen LogP) is 2.71. The van der Waals surface area contributed by atoms with Gasteiger partial charge in [-0.3, -0.25) is 4.79 Å². The Labute approximate surface area is 119 Å². The summed E-state index contributed by atoms with van der Waals surface area (Å²) >= 11 is 0. The highest BCUT2D eigenvalue weighted by Crippen LogP contribution is 2.36. The van der Waals surface area contributed by atoms with Crippen LogP contribution in [0, 0.1) is 11.8 Å². The summed E-state index contributed by atoms with van der Waals surface area (Å²) in [6, 6.07) is 6.29. The molecule has 2 atom stereocenters. The van der Waals surface area contributed by atoms with Gasteiger partial charge in [0.1, 0.15) is 5.75 Å². The van der Waals surface area contributed by atoms with Gasteiger partial charge in [-0.05, 0) is 55.8 Å². The average Bonchev–Trinajstić information content (AvgIpc) is 3.28. The van der Waals surface area contributed by atoms with Crippen molar-refractivity contribution in [3.8, 4) is 5.75 Å². The van der Waals surface area contributed by atoms with Crippen LogP contribution in [0.1, 0.15) is 38.3 Å². The number of fused-ring (bicyclic) bond motifs is 1. The van der Waals surface area contributed by atoms with Gasteiger partial charge in [-0.2, -0.15) is 0 Å². The topological polar surface area (TPSA) is 50.4 Å². The molecule has 4 nitrogen and oxygen atoms in total. The number of carbonyl (C=O) groups excluding carboxylic acids is 1. The Morgan fingerprint density at radius 2 is 2.20 bits per heavy atom. The van der Waals surface area contributed by atoms with Gasteiger partial charge in [0.15, 0.2) is 6.61 Å². The van der Waals surface area contributed by atoms with Crippen molar-refractivity contribution in [2.75, 3.05) is 18.5 Å². The third-order valence-electron chi connectivity index (χ3n) is 4.31. The van der Waals surface area contributed by atoms with Gasteiger partial charge < -0.3 is 15.4 Å². The molecule has 3 rings (SSSR count). The van der Waals surface area contributed by atoms with Crippen LogP contribution in [0.2, 0.25) is 0 Å². The van der Waals surface area contributed by atoms with Crippen molar-refractivity contribution >= 4 is 11.6 Å². The van der Waals surface area contributed by atoms with Crippen molar-refractivity contribution in [1.82, 2.24) is 5.32 Å². The van der Waals surface area contributed by atoms with E-state index in [4.69, 9.17) is 4.74 Å². The maximum atomic E-state index is 11.4. The lowest BCUT2D eigenvalue weighted by Crippen LogP contribution is -2.27. The number of hydrogen-bond acceptors (Lipinski definition) is 3. The Morgan fingerprint density at radius 3 is 2.95 bits per heavy atom. The van der Waals surface area contributed by atoms with Crippen molar-refractivity contribution in [3.63, 3.8) is 0 Å². The molecule has 1 aliphatic carbocycles. The Bertz CT molecular complexity index is 511. The van der Waals surface area contributed by atoms with Crippen LogP contribution in [-0.4, -0.2) is 19.1 Å². The quantitative estimate of drug-likeness (QED) is 0.868. The Morgan fingerprint density at radius 1 is 1.40 bits per heavy atom. The molecule has 0 saturated heterocycles. The Balaban J connectivity index is 1.63. The van der Waals surface area contributed by atoms with Crippen LogP contribution in [0.3, 0.4) is 0 Å². The zero-order valence-corrected chi connectivity index (χ0v) is 12.1. The summed E-state index contributed by atoms with van der Waals surface area (Å²) in [5, 5.41) is 6.44. The minimum Gasteiger partial charge on any atom is -0.482 e. The molecular formula is C16H22N2O2. The van der Waals surface area contributed by atoms with E-state index in [2.05, 4.69) is 30.5 Å². The highest BCUT2D eigenvalue weighted by molar-refractivity contribution is 5.95. The first-order valence-electron chi connectivity index (χ1n) is 7.43. The van der Waals surface area contributed by atoms with E-state index < -0.39 is 0 Å². The highest BCUT2D eigenvalue weighted by Gasteiger charge is 2.27. The number of hydrogen-bond donors (Lipinski definition) is 2. The standard InChI is InChI=1S/C16H22N2O2/c1-10(12-3-4-12)8-17-11(2)13-5-6-15-14(7-13)18-16(19)9-20-15/h5-7,10-12,17H,3-4,8-9H2,1-2H3,(H,18,19). The minimum atomic E-state index is -0.0855. The number of anilines is 1. The summed E-state index contributed by atoms with van der Waals surface area (Å²) in [6.07, 6.45) is 2.78. The lowest BCUT2D eigenvalue weighted by Gasteiger charge is -2.22. The molecule has 1 aliphatic heterocycles. The molecule has 1 amide bonds. The van der Waals surface area contributed by atoms with Crippen LogP contribution >= 0.6 is 0 Å². The molecule has 20 heavy (non-hydrogen) atoms. The van der Waals surface area contributed by atoms with Gasteiger partial charge in [0, 0.05) is 6.04 Å². The molecule has 1 fully saturated rings. The van der Waals surface area contributed by atoms with E-state index in [1.807, 2.05) is 12.1 Å². The number of rotatable bonds is 5. The van der Waals surface area contributed by atoms with Gasteiger partial charge in [0.2, 0.25) is 0 Å². The molecule has 0 aromatic heterocycles. The second-order valence-electron chi connectivity index (χ2n) is 6.04. The van der Waals surface area contributed by atoms with Crippen molar-refractivity contribution in [2.24, 2.45) is 11.8 Å². The van der Waals surface area contributed by atoms with Gasteiger partial charge in [-0.25, -0.2) is 0 Å². The van der Waals surface area contributed by atoms with E-state index in [0.29, 0.717) is 0 Å². The molecule has 2 N–H and O–H groups in total. The van der Waals surface area contributed by atoms with Crippen molar-refractivity contribution in [1.29, 1.82) is 0 Å². The van der Waals surface area contributed by atoms with Crippen LogP contribution < -0.4 is 15.4 Å². The van der Waals surface area contributed by atoms with E-state index in [1.165, 1.54) is 18.4 Å². The zero-order valence-electron chi connectivity index (χ0n) is 12.1. The Kier molecular flexibility index (Phi) is 3.66. The number of carbonyl (C=O) groups is 1. The number of nitrogens with one attached hydrogen (secondary N) is 2. The summed E-state index contributed by atoms with van der Waals surface area (Å²) in [7, 11) is 0. The fourth-order valence-corrected chi connectivity index (χ4v) is 2.68. The summed E-state index contributed by atoms with van der Waals surface area (Å²) in [5.74, 6) is 2.34. The molecule has 2 unspecified atom stereocenters. The maximum absolute atomic E-state index is 11.4. The van der Waals surface area contributed by atoms with Crippen molar-refractivity contribution in [2.45, 2.75) is 32.7 Å². The molecule has 0 bridgehead atoms. The third-order valence-corrected chi connectivity index (χ3v) is 4.31. The molecule has 1 heterocycles. The average molecular weight is 274 g/mol. The number of amides is 1. The molecule has 1 saturated carbocycles. The fourth-order valence-electron chi connectivity index (χ4n) is 2.68. The van der Waals surface area contributed by atoms with E-state index in [1.54, 1.807) is 0 Å². The van der Waals surface area contributed by atoms with Gasteiger partial charge >= 0.3 is 0 Å². The molecule has 108 valence electrons. The van der Waals surface area contributed by atoms with Crippen LogP contribution in [0.25, 0.3) is 0 Å². The monoisotopic (exact) mass is 274 g/mol. The minimum absolute atomic E-state index is 0.0855. The first-order valence-corrected chi connectivity index (χ1v) is 7.43. The maximum Gasteiger partial charge on any atom is 0.262 e. The summed E-state index contributed by atoms with van der Waals surface area (Å²) < 4.78 is 5.38. The lowest BCUT2D eigenvalue weighted by molar-refractivity contribution is -0.118. The highest BCUT2D eigenvalue weighted by atomic mass is 16.5. The van der Waals surface area contributed by atoms with E-state index >= 15 is 0 Å². The second-order valence-corrected chi connectivity index (χ2v) is 6.04. The Hall–Kier alpha value is -1.55. The molecule has 1 aromatic carbocycles. The molecule has 0 spiro atoms. The second kappa shape index (κ2) is 5.44. The van der Waals surface area contributed by atoms with E-state index in [9.17, 15) is 4.79 Å². The third kappa shape index (κ3) is 2.96. The molecule has 4 heteroatoms. The molecule has 0 radical (unpaired) electrons. The van der Waals surface area contributed by atoms with E-state index in [-0.39, 0.29) is 18.6 Å².